The third kappa shape index (κ3) is 4.36. The maximum atomic E-state index is 4.73. The van der Waals surface area contributed by atoms with E-state index in [1.54, 1.807) is 11.3 Å². The van der Waals surface area contributed by atoms with Crippen LogP contribution < -0.4 is 10.2 Å². The summed E-state index contributed by atoms with van der Waals surface area (Å²) in [6, 6.07) is 11.5. The second-order valence-corrected chi connectivity index (χ2v) is 9.35. The first kappa shape index (κ1) is 18.9. The van der Waals surface area contributed by atoms with Crippen LogP contribution in [-0.4, -0.2) is 47.6 Å². The Morgan fingerprint density at radius 2 is 1.89 bits per heavy atom. The number of likely N-dealkylation sites (tertiary alicyclic amines) is 1. The zero-order chi connectivity index (χ0) is 18.7. The first-order valence-corrected chi connectivity index (χ1v) is 11.2. The summed E-state index contributed by atoms with van der Waals surface area (Å²) < 4.78 is 0. The summed E-state index contributed by atoms with van der Waals surface area (Å²) >= 11 is 1.75. The normalized spacial score (nSPS) is 21.3. The van der Waals surface area contributed by atoms with Crippen LogP contribution in [-0.2, 0) is 6.54 Å². The minimum Gasteiger partial charge on any atom is -0.363 e. The van der Waals surface area contributed by atoms with Gasteiger partial charge in [-0.3, -0.25) is 4.90 Å². The quantitative estimate of drug-likeness (QED) is 0.842. The number of piperidine rings is 2. The second-order valence-electron chi connectivity index (χ2n) is 8.29. The first-order chi connectivity index (χ1) is 13.1. The van der Waals surface area contributed by atoms with E-state index in [1.165, 1.54) is 50.2 Å². The van der Waals surface area contributed by atoms with E-state index < -0.39 is 0 Å². The fourth-order valence-electron chi connectivity index (χ4n) is 4.71. The van der Waals surface area contributed by atoms with Crippen LogP contribution in [0.2, 0.25) is 0 Å². The lowest BCUT2D eigenvalue weighted by molar-refractivity contribution is 0.0482. The van der Waals surface area contributed by atoms with Crippen molar-refractivity contribution in [2.24, 2.45) is 0 Å². The number of rotatable bonds is 5. The van der Waals surface area contributed by atoms with Gasteiger partial charge in [-0.2, -0.15) is 0 Å². The van der Waals surface area contributed by atoms with Crippen molar-refractivity contribution in [1.29, 1.82) is 0 Å². The maximum Gasteiger partial charge on any atom is 0.0898 e. The van der Waals surface area contributed by atoms with E-state index in [1.807, 2.05) is 0 Å². The van der Waals surface area contributed by atoms with Gasteiger partial charge in [0.05, 0.1) is 17.2 Å². The molecule has 4 rings (SSSR count). The van der Waals surface area contributed by atoms with Gasteiger partial charge in [0.15, 0.2) is 0 Å². The minimum atomic E-state index is 0.389. The van der Waals surface area contributed by atoms with Crippen LogP contribution in [0.4, 0.5) is 5.69 Å². The summed E-state index contributed by atoms with van der Waals surface area (Å²) in [6.07, 6.45) is 5.03. The lowest BCUT2D eigenvalue weighted by Crippen LogP contribution is -2.57. The summed E-state index contributed by atoms with van der Waals surface area (Å²) in [6.45, 7) is 10.2. The van der Waals surface area contributed by atoms with Crippen LogP contribution in [0.3, 0.4) is 0 Å². The van der Waals surface area contributed by atoms with Gasteiger partial charge in [-0.25, -0.2) is 4.98 Å². The SMILES string of the molecule is Cc1nc(CN(c2ccccc2)C2CCN(C3(C)CCNCC3)CC2)cs1. The van der Waals surface area contributed by atoms with Crippen LogP contribution in [0.25, 0.3) is 0 Å². The zero-order valence-electron chi connectivity index (χ0n) is 16.7. The maximum absolute atomic E-state index is 4.73. The molecule has 146 valence electrons. The van der Waals surface area contributed by atoms with Gasteiger partial charge in [0.1, 0.15) is 0 Å². The van der Waals surface area contributed by atoms with E-state index in [-0.39, 0.29) is 0 Å². The molecule has 0 saturated carbocycles. The van der Waals surface area contributed by atoms with Crippen molar-refractivity contribution in [1.82, 2.24) is 15.2 Å². The van der Waals surface area contributed by atoms with E-state index in [9.17, 15) is 0 Å². The average Bonchev–Trinajstić information content (AvgIpc) is 3.12. The number of hydrogen-bond donors (Lipinski definition) is 1. The van der Waals surface area contributed by atoms with Crippen molar-refractivity contribution < 1.29 is 0 Å². The van der Waals surface area contributed by atoms with Crippen LogP contribution in [0.15, 0.2) is 35.7 Å². The lowest BCUT2D eigenvalue weighted by Gasteiger charge is -2.49. The topological polar surface area (TPSA) is 31.4 Å². The Labute approximate surface area is 167 Å². The molecule has 0 amide bonds. The van der Waals surface area contributed by atoms with Gasteiger partial charge in [0, 0.05) is 35.7 Å². The standard InChI is InChI=1S/C22H32N4S/c1-18-24-19(17-27-18)16-26(20-6-4-3-5-7-20)21-8-14-25(15-9-21)22(2)10-12-23-13-11-22/h3-7,17,21,23H,8-16H2,1-2H3. The molecule has 1 aromatic heterocycles. The van der Waals surface area contributed by atoms with Gasteiger partial charge < -0.3 is 10.2 Å². The third-order valence-corrected chi connectivity index (χ3v) is 7.26. The lowest BCUT2D eigenvalue weighted by atomic mass is 9.86. The molecule has 3 heterocycles. The van der Waals surface area contributed by atoms with Gasteiger partial charge >= 0.3 is 0 Å². The van der Waals surface area contributed by atoms with Crippen LogP contribution >= 0.6 is 11.3 Å². The van der Waals surface area contributed by atoms with E-state index in [4.69, 9.17) is 4.98 Å². The largest absolute Gasteiger partial charge is 0.363 e. The molecule has 4 nitrogen and oxygen atoms in total. The molecule has 0 aliphatic carbocycles. The molecule has 2 fully saturated rings. The summed E-state index contributed by atoms with van der Waals surface area (Å²) in [5, 5.41) is 6.89. The molecule has 0 radical (unpaired) electrons. The van der Waals surface area contributed by atoms with E-state index in [2.05, 4.69) is 64.7 Å². The van der Waals surface area contributed by atoms with Crippen molar-refractivity contribution in [2.45, 2.75) is 57.7 Å². The number of anilines is 1. The summed E-state index contributed by atoms with van der Waals surface area (Å²) in [5.74, 6) is 0. The summed E-state index contributed by atoms with van der Waals surface area (Å²) in [5.41, 5.74) is 2.92. The van der Waals surface area contributed by atoms with E-state index in [0.29, 0.717) is 11.6 Å². The molecule has 27 heavy (non-hydrogen) atoms. The highest BCUT2D eigenvalue weighted by Crippen LogP contribution is 2.32. The molecular formula is C22H32N4S. The molecule has 5 heteroatoms. The smallest absolute Gasteiger partial charge is 0.0898 e. The molecule has 1 N–H and O–H groups in total. The Hall–Kier alpha value is -1.43. The van der Waals surface area contributed by atoms with Crippen molar-refractivity contribution in [3.05, 3.63) is 46.4 Å². The third-order valence-electron chi connectivity index (χ3n) is 6.44. The number of para-hydroxylation sites is 1. The number of nitrogens with one attached hydrogen (secondary N) is 1. The Kier molecular flexibility index (Phi) is 5.81. The van der Waals surface area contributed by atoms with Gasteiger partial charge in [0.25, 0.3) is 0 Å². The average molecular weight is 385 g/mol. The van der Waals surface area contributed by atoms with Gasteiger partial charge in [0.2, 0.25) is 0 Å². The number of benzene rings is 1. The van der Waals surface area contributed by atoms with Crippen molar-refractivity contribution in [2.75, 3.05) is 31.1 Å². The molecule has 2 aliphatic rings. The highest BCUT2D eigenvalue weighted by molar-refractivity contribution is 7.09. The fourth-order valence-corrected chi connectivity index (χ4v) is 5.31. The monoisotopic (exact) mass is 384 g/mol. The highest BCUT2D eigenvalue weighted by Gasteiger charge is 2.36. The number of thiazole rings is 1. The predicted octanol–water partition coefficient (Wildman–Crippen LogP) is 4.06. The highest BCUT2D eigenvalue weighted by atomic mass is 32.1. The Morgan fingerprint density at radius 3 is 2.52 bits per heavy atom. The molecule has 2 saturated heterocycles. The molecule has 0 spiro atoms. The van der Waals surface area contributed by atoms with Crippen LogP contribution in [0.1, 0.15) is 43.3 Å². The number of aryl methyl sites for hydroxylation is 1. The van der Waals surface area contributed by atoms with Gasteiger partial charge in [-0.05, 0) is 64.8 Å². The van der Waals surface area contributed by atoms with E-state index in [0.717, 1.165) is 24.6 Å². The summed E-state index contributed by atoms with van der Waals surface area (Å²) in [4.78, 5) is 10.1. The predicted molar refractivity (Wildman–Crippen MR) is 115 cm³/mol. The number of hydrogen-bond acceptors (Lipinski definition) is 5. The molecule has 2 aliphatic heterocycles. The number of nitrogens with zero attached hydrogens (tertiary/aromatic N) is 3. The molecule has 0 bridgehead atoms. The molecule has 0 unspecified atom stereocenters. The zero-order valence-corrected chi connectivity index (χ0v) is 17.5. The van der Waals surface area contributed by atoms with Crippen molar-refractivity contribution in [3.8, 4) is 0 Å². The van der Waals surface area contributed by atoms with Crippen molar-refractivity contribution in [3.63, 3.8) is 0 Å². The van der Waals surface area contributed by atoms with Crippen LogP contribution in [0, 0.1) is 6.92 Å². The van der Waals surface area contributed by atoms with Gasteiger partial charge in [-0.1, -0.05) is 18.2 Å². The molecule has 0 atom stereocenters. The minimum absolute atomic E-state index is 0.389. The first-order valence-electron chi connectivity index (χ1n) is 10.3. The number of aromatic nitrogens is 1. The Morgan fingerprint density at radius 1 is 1.19 bits per heavy atom. The summed E-state index contributed by atoms with van der Waals surface area (Å²) in [7, 11) is 0. The molecule has 1 aromatic carbocycles. The van der Waals surface area contributed by atoms with Crippen molar-refractivity contribution >= 4 is 17.0 Å². The Balaban J connectivity index is 1.46. The molecule has 2 aromatic rings. The molecular weight excluding hydrogens is 352 g/mol. The fraction of sp³-hybridized carbons (Fsp3) is 0.591. The van der Waals surface area contributed by atoms with E-state index >= 15 is 0 Å². The van der Waals surface area contributed by atoms with Gasteiger partial charge in [-0.15, -0.1) is 11.3 Å². The second kappa shape index (κ2) is 8.29. The van der Waals surface area contributed by atoms with Crippen LogP contribution in [0.5, 0.6) is 0 Å². The Bertz CT molecular complexity index is 715.